The number of rotatable bonds is 18. The van der Waals surface area contributed by atoms with Crippen LogP contribution in [0.15, 0.2) is 117 Å². The second kappa shape index (κ2) is 23.8. The summed E-state index contributed by atoms with van der Waals surface area (Å²) in [7, 11) is 4.15. The number of alkyl halides is 1. The average molecular weight is 1020 g/mol. The van der Waals surface area contributed by atoms with Crippen LogP contribution in [0.25, 0.3) is 22.0 Å². The van der Waals surface area contributed by atoms with Crippen molar-refractivity contribution in [2.45, 2.75) is 114 Å². The molecule has 1 saturated carbocycles. The smallest absolute Gasteiger partial charge is 0.158 e. The van der Waals surface area contributed by atoms with Gasteiger partial charge in [-0.2, -0.15) is 5.10 Å². The van der Waals surface area contributed by atoms with Crippen molar-refractivity contribution >= 4 is 28.3 Å². The average Bonchev–Trinajstić information content (AvgIpc) is 4.10. The molecule has 4 N–H and O–H groups in total. The van der Waals surface area contributed by atoms with Crippen molar-refractivity contribution in [3.63, 3.8) is 0 Å². The zero-order valence-corrected chi connectivity index (χ0v) is 44.5. The van der Waals surface area contributed by atoms with Crippen LogP contribution in [-0.2, 0) is 25.3 Å². The van der Waals surface area contributed by atoms with Crippen molar-refractivity contribution in [2.24, 2.45) is 18.7 Å². The van der Waals surface area contributed by atoms with Crippen LogP contribution in [0, 0.1) is 24.5 Å². The minimum absolute atomic E-state index is 0.0510. The molecule has 3 heterocycles. The highest BCUT2D eigenvalue weighted by molar-refractivity contribution is 6.34. The lowest BCUT2D eigenvalue weighted by molar-refractivity contribution is 0.152. The molecule has 3 atom stereocenters. The Bertz CT molecular complexity index is 2760. The van der Waals surface area contributed by atoms with Gasteiger partial charge in [0.1, 0.15) is 11.6 Å². The van der Waals surface area contributed by atoms with Gasteiger partial charge in [-0.05, 0) is 166 Å². The molecule has 2 saturated heterocycles. The number of nitrogens with one attached hydrogen (secondary N) is 2. The second-order valence-electron chi connectivity index (χ2n) is 21.3. The molecule has 4 aliphatic rings. The molecule has 3 unspecified atom stereocenters. The normalized spacial score (nSPS) is 22.2. The highest BCUT2D eigenvalue weighted by atomic mass is 35.5. The molecule has 12 heteroatoms. The van der Waals surface area contributed by atoms with Gasteiger partial charge in [-0.25, -0.2) is 8.78 Å². The Labute approximate surface area is 438 Å². The molecule has 2 aliphatic carbocycles. The van der Waals surface area contributed by atoms with Gasteiger partial charge >= 0.3 is 0 Å². The largest absolute Gasteiger partial charge is 0.405 e. The van der Waals surface area contributed by atoms with Crippen LogP contribution in [0.1, 0.15) is 110 Å². The van der Waals surface area contributed by atoms with E-state index >= 15 is 8.78 Å². The van der Waals surface area contributed by atoms with Crippen LogP contribution in [-0.4, -0.2) is 84.7 Å². The number of allylic oxidation sites excluding steroid dienone is 1. The number of aryl methyl sites for hydroxylation is 3. The number of benzene rings is 4. The van der Waals surface area contributed by atoms with Crippen LogP contribution >= 0.6 is 11.6 Å². The Morgan fingerprint density at radius 2 is 1.68 bits per heavy atom. The van der Waals surface area contributed by atoms with Crippen LogP contribution in [0.4, 0.5) is 19.0 Å². The van der Waals surface area contributed by atoms with Crippen molar-refractivity contribution in [1.82, 2.24) is 30.2 Å². The van der Waals surface area contributed by atoms with E-state index < -0.39 is 23.7 Å². The predicted molar refractivity (Wildman–Crippen MR) is 298 cm³/mol. The number of nitrogens with zero attached hydrogens (tertiary/aromatic N) is 5. The van der Waals surface area contributed by atoms with E-state index in [1.807, 2.05) is 23.7 Å². The Morgan fingerprint density at radius 1 is 0.959 bits per heavy atom. The van der Waals surface area contributed by atoms with Gasteiger partial charge in [0.05, 0.1) is 17.2 Å². The van der Waals surface area contributed by atoms with E-state index in [4.69, 9.17) is 23.3 Å². The number of halogens is 4. The van der Waals surface area contributed by atoms with Gasteiger partial charge in [0.25, 0.3) is 0 Å². The Morgan fingerprint density at radius 3 is 2.38 bits per heavy atom. The summed E-state index contributed by atoms with van der Waals surface area (Å²) in [5, 5.41) is 13.2. The maximum absolute atomic E-state index is 16.5. The topological polar surface area (TPSA) is 77.6 Å². The summed E-state index contributed by atoms with van der Waals surface area (Å²) in [4.78, 5) is 7.55. The second-order valence-corrected chi connectivity index (χ2v) is 21.6. The first-order valence-electron chi connectivity index (χ1n) is 26.6. The molecule has 8 nitrogen and oxygen atoms in total. The number of aromatic nitrogens is 2. The third-order valence-corrected chi connectivity index (χ3v) is 17.4. The summed E-state index contributed by atoms with van der Waals surface area (Å²) >= 11 is 6.88. The van der Waals surface area contributed by atoms with Crippen LogP contribution in [0.2, 0.25) is 5.02 Å². The minimum atomic E-state index is -0.537. The molecule has 0 amide bonds. The van der Waals surface area contributed by atoms with E-state index in [0.717, 1.165) is 87.5 Å². The summed E-state index contributed by atoms with van der Waals surface area (Å²) in [5.41, 5.74) is 13.9. The van der Waals surface area contributed by atoms with Gasteiger partial charge in [0.2, 0.25) is 0 Å². The maximum atomic E-state index is 16.5. The van der Waals surface area contributed by atoms with Crippen LogP contribution in [0.5, 0.6) is 0 Å². The number of likely N-dealkylation sites (tertiary alicyclic amines) is 2. The fourth-order valence-electron chi connectivity index (χ4n) is 12.8. The molecule has 73 heavy (non-hydrogen) atoms. The molecular formula is C61H78ClF3N8. The van der Waals surface area contributed by atoms with Gasteiger partial charge in [-0.3, -0.25) is 14.0 Å². The Balaban J connectivity index is 0.00000231. The summed E-state index contributed by atoms with van der Waals surface area (Å²) in [5.74, 6) is 0.964. The standard InChI is InChI=1S/C59H73ClF3N7.C2H5N/c1-8-64-39(3)24-29-67(6)58-50-23-20-45(34-52(50)68(7)66-58)43-25-30-69(31-26-43)49-27-32-70(36-49)41(5)42-18-21-48(22-19-42)65-37-59(47-14-10-9-11-15-47)35-46-33-51(62)56(60)55(54(46)40(59)4)53-38(2)16-17-44(57(53)63)13-12-28-61;1-2-3/h8-11,14-17,20,23,33-34,40,42-43,48-49,64-65H,1,3,5,12-13,18-19,21-22,24-32,35-37H2,2,4,6-7H3;2H,1,3H2. The lowest BCUT2D eigenvalue weighted by atomic mass is 9.70. The quantitative estimate of drug-likeness (QED) is 0.0807. The molecule has 5 aromatic rings. The van der Waals surface area contributed by atoms with Gasteiger partial charge in [-0.15, -0.1) is 0 Å². The molecule has 3 fully saturated rings. The fraction of sp³-hybridized carbons (Fsp3) is 0.459. The Kier molecular flexibility index (Phi) is 17.5. The minimum Gasteiger partial charge on any atom is -0.405 e. The zero-order chi connectivity index (χ0) is 52.0. The molecule has 9 rings (SSSR count). The molecule has 0 radical (unpaired) electrons. The third-order valence-electron chi connectivity index (χ3n) is 17.0. The van der Waals surface area contributed by atoms with Crippen LogP contribution < -0.4 is 21.3 Å². The number of piperidine rings is 1. The lowest BCUT2D eigenvalue weighted by Gasteiger charge is -2.39. The van der Waals surface area contributed by atoms with E-state index in [0.29, 0.717) is 59.1 Å². The van der Waals surface area contributed by atoms with Crippen molar-refractivity contribution in [2.75, 3.05) is 57.9 Å². The Hall–Kier alpha value is -5.49. The SMILES string of the molecule is C=CN.C=CNC(=C)CCN(C)c1nn(C)c2cc(C3CCN(C4CCN(C(=C)C5CCC(NCC6(c7ccccc7)Cc7cc(F)c(Cl)c(-c8c(C)ccc(CCCF)c8F)c7C6C)CC5)C4)CC3)ccc12. The molecule has 0 spiro atoms. The van der Waals surface area contributed by atoms with Crippen molar-refractivity contribution in [3.8, 4) is 11.1 Å². The number of hydrogen-bond acceptors (Lipinski definition) is 7. The zero-order valence-electron chi connectivity index (χ0n) is 43.8. The van der Waals surface area contributed by atoms with Crippen molar-refractivity contribution in [1.29, 1.82) is 0 Å². The summed E-state index contributed by atoms with van der Waals surface area (Å²) in [6, 6.07) is 23.6. The molecule has 390 valence electrons. The number of fused-ring (bicyclic) bond motifs is 2. The predicted octanol–water partition coefficient (Wildman–Crippen LogP) is 12.8. The van der Waals surface area contributed by atoms with Gasteiger partial charge in [0, 0.05) is 92.1 Å². The molecular weight excluding hydrogens is 937 g/mol. The van der Waals surface area contributed by atoms with E-state index in [-0.39, 0.29) is 23.8 Å². The van der Waals surface area contributed by atoms with Gasteiger partial charge < -0.3 is 26.2 Å². The first-order valence-corrected chi connectivity index (χ1v) is 27.0. The van der Waals surface area contributed by atoms with Crippen molar-refractivity contribution < 1.29 is 13.2 Å². The highest BCUT2D eigenvalue weighted by Gasteiger charge is 2.48. The van der Waals surface area contributed by atoms with Gasteiger partial charge in [0.15, 0.2) is 5.82 Å². The van der Waals surface area contributed by atoms with E-state index in [2.05, 4.69) is 114 Å². The van der Waals surface area contributed by atoms with Crippen molar-refractivity contribution in [3.05, 3.63) is 167 Å². The monoisotopic (exact) mass is 1010 g/mol. The van der Waals surface area contributed by atoms with E-state index in [9.17, 15) is 4.39 Å². The van der Waals surface area contributed by atoms with Gasteiger partial charge in [-0.1, -0.05) is 93.4 Å². The first kappa shape index (κ1) is 53.8. The summed E-state index contributed by atoms with van der Waals surface area (Å²) in [6.45, 7) is 25.1. The number of anilines is 1. The summed E-state index contributed by atoms with van der Waals surface area (Å²) < 4.78 is 47.7. The van der Waals surface area contributed by atoms with E-state index in [1.165, 1.54) is 53.2 Å². The van der Waals surface area contributed by atoms with Crippen LogP contribution in [0.3, 0.4) is 0 Å². The third kappa shape index (κ3) is 11.3. The first-order chi connectivity index (χ1) is 35.2. The lowest BCUT2D eigenvalue weighted by Crippen LogP contribution is -2.46. The fourth-order valence-corrected chi connectivity index (χ4v) is 13.0. The molecule has 0 bridgehead atoms. The molecule has 2 aliphatic heterocycles. The number of hydrogen-bond donors (Lipinski definition) is 3. The summed E-state index contributed by atoms with van der Waals surface area (Å²) in [6.07, 6.45) is 12.7. The number of nitrogens with two attached hydrogens (primary N) is 1. The maximum Gasteiger partial charge on any atom is 0.158 e. The van der Waals surface area contributed by atoms with E-state index in [1.54, 1.807) is 18.3 Å². The molecule has 1 aromatic heterocycles. The highest BCUT2D eigenvalue weighted by Crippen LogP contribution is 2.55. The molecule has 4 aromatic carbocycles.